The molecule has 2 nitrogen and oxygen atoms in total. The number of nitrogens with zero attached hydrogens (tertiary/aromatic N) is 2. The van der Waals surface area contributed by atoms with Crippen LogP contribution in [0.15, 0.2) is 30.3 Å². The lowest BCUT2D eigenvalue weighted by Crippen LogP contribution is -2.47. The summed E-state index contributed by atoms with van der Waals surface area (Å²) >= 11 is 0. The molecule has 0 unspecified atom stereocenters. The van der Waals surface area contributed by atoms with Crippen molar-refractivity contribution in [3.05, 3.63) is 58.9 Å². The maximum Gasteiger partial charge on any atom is 0.149 e. The van der Waals surface area contributed by atoms with Gasteiger partial charge in [-0.2, -0.15) is 0 Å². The van der Waals surface area contributed by atoms with E-state index in [-0.39, 0.29) is 17.4 Å². The van der Waals surface area contributed by atoms with Gasteiger partial charge in [0.25, 0.3) is 0 Å². The highest BCUT2D eigenvalue weighted by Gasteiger charge is 2.25. The fourth-order valence-corrected chi connectivity index (χ4v) is 3.44. The number of halogens is 3. The molecule has 0 aromatic heterocycles. The first-order chi connectivity index (χ1) is 11.9. The van der Waals surface area contributed by atoms with Gasteiger partial charge >= 0.3 is 0 Å². The molecular formula is C20H23F3N2. The van der Waals surface area contributed by atoms with Crippen LogP contribution < -0.4 is 9.80 Å². The lowest BCUT2D eigenvalue weighted by molar-refractivity contribution is 0.551. The molecule has 0 N–H and O–H groups in total. The molecule has 0 bridgehead atoms. The molecule has 2 aromatic rings. The minimum atomic E-state index is -0.558. The average molecular weight is 348 g/mol. The maximum absolute atomic E-state index is 14.6. The standard InChI is InChI=1S/C20H23F3N2/c1-13(2)15-11-14(3)19(18(23)12-15)24-7-9-25(10-8-24)20-16(21)5-4-6-17(20)22/h4-6,11-13H,7-10H2,1-3H3. The van der Waals surface area contributed by atoms with Gasteiger partial charge in [-0.15, -0.1) is 0 Å². The van der Waals surface area contributed by atoms with Crippen LogP contribution in [0.25, 0.3) is 0 Å². The molecule has 0 atom stereocenters. The van der Waals surface area contributed by atoms with Crippen LogP contribution in [0.4, 0.5) is 24.5 Å². The number of anilines is 2. The molecule has 1 saturated heterocycles. The summed E-state index contributed by atoms with van der Waals surface area (Å²) in [6.07, 6.45) is 0. The summed E-state index contributed by atoms with van der Waals surface area (Å²) in [5, 5.41) is 0. The molecule has 0 spiro atoms. The van der Waals surface area contributed by atoms with Gasteiger partial charge in [0, 0.05) is 26.2 Å². The highest BCUT2D eigenvalue weighted by Crippen LogP contribution is 2.31. The molecule has 0 saturated carbocycles. The normalized spacial score (nSPS) is 15.2. The molecule has 0 amide bonds. The van der Waals surface area contributed by atoms with Crippen molar-refractivity contribution in [2.45, 2.75) is 26.7 Å². The number of rotatable bonds is 3. The van der Waals surface area contributed by atoms with E-state index in [1.165, 1.54) is 18.2 Å². The van der Waals surface area contributed by atoms with Crippen LogP contribution in [0, 0.1) is 24.4 Å². The van der Waals surface area contributed by atoms with Gasteiger partial charge in [0.2, 0.25) is 0 Å². The molecule has 5 heteroatoms. The molecule has 2 aromatic carbocycles. The van der Waals surface area contributed by atoms with E-state index < -0.39 is 11.6 Å². The van der Waals surface area contributed by atoms with Crippen LogP contribution in [0.5, 0.6) is 0 Å². The van der Waals surface area contributed by atoms with Gasteiger partial charge in [-0.05, 0) is 42.2 Å². The smallest absolute Gasteiger partial charge is 0.149 e. The fraction of sp³-hybridized carbons (Fsp3) is 0.400. The lowest BCUT2D eigenvalue weighted by atomic mass is 9.99. The lowest BCUT2D eigenvalue weighted by Gasteiger charge is -2.38. The summed E-state index contributed by atoms with van der Waals surface area (Å²) in [4.78, 5) is 3.65. The van der Waals surface area contributed by atoms with Crippen LogP contribution in [0.1, 0.15) is 30.9 Å². The van der Waals surface area contributed by atoms with E-state index in [1.54, 1.807) is 11.0 Å². The Morgan fingerprint density at radius 1 is 0.800 bits per heavy atom. The predicted octanol–water partition coefficient (Wildman–Crippen LogP) is 4.86. The first kappa shape index (κ1) is 17.6. The van der Waals surface area contributed by atoms with E-state index in [1.807, 2.05) is 31.7 Å². The number of hydrogen-bond donors (Lipinski definition) is 0. The quantitative estimate of drug-likeness (QED) is 0.781. The number of piperazine rings is 1. The van der Waals surface area contributed by atoms with Crippen molar-refractivity contribution >= 4 is 11.4 Å². The van der Waals surface area contributed by atoms with Crippen molar-refractivity contribution < 1.29 is 13.2 Å². The van der Waals surface area contributed by atoms with Gasteiger partial charge < -0.3 is 9.80 Å². The first-order valence-electron chi connectivity index (χ1n) is 8.62. The Bertz CT molecular complexity index is 722. The fourth-order valence-electron chi connectivity index (χ4n) is 3.44. The number of hydrogen-bond acceptors (Lipinski definition) is 2. The molecule has 1 aliphatic heterocycles. The SMILES string of the molecule is Cc1cc(C(C)C)cc(F)c1N1CCN(c2c(F)cccc2F)CC1. The number of aryl methyl sites for hydroxylation is 1. The van der Waals surface area contributed by atoms with E-state index in [0.29, 0.717) is 31.9 Å². The van der Waals surface area contributed by atoms with Crippen LogP contribution in [-0.4, -0.2) is 26.2 Å². The molecule has 134 valence electrons. The second-order valence-corrected chi connectivity index (χ2v) is 6.87. The zero-order valence-corrected chi connectivity index (χ0v) is 14.8. The Morgan fingerprint density at radius 3 is 1.80 bits per heavy atom. The molecule has 1 fully saturated rings. The Morgan fingerprint density at radius 2 is 1.32 bits per heavy atom. The summed E-state index contributed by atoms with van der Waals surface area (Å²) in [6, 6.07) is 7.50. The van der Waals surface area contributed by atoms with E-state index in [2.05, 4.69) is 0 Å². The van der Waals surface area contributed by atoms with Crippen LogP contribution in [0.2, 0.25) is 0 Å². The van der Waals surface area contributed by atoms with Gasteiger partial charge in [0.1, 0.15) is 23.1 Å². The Labute approximate surface area is 146 Å². The summed E-state index contributed by atoms with van der Waals surface area (Å²) in [5.74, 6) is -1.08. The van der Waals surface area contributed by atoms with Gasteiger partial charge in [-0.25, -0.2) is 13.2 Å². The zero-order chi connectivity index (χ0) is 18.1. The molecule has 25 heavy (non-hydrogen) atoms. The van der Waals surface area contributed by atoms with Crippen molar-refractivity contribution in [1.29, 1.82) is 0 Å². The number of para-hydroxylation sites is 1. The minimum absolute atomic E-state index is 0.00880. The third-order valence-corrected chi connectivity index (χ3v) is 4.79. The number of benzene rings is 2. The third-order valence-electron chi connectivity index (χ3n) is 4.79. The molecule has 0 radical (unpaired) electrons. The van der Waals surface area contributed by atoms with E-state index in [4.69, 9.17) is 0 Å². The Balaban J connectivity index is 1.79. The van der Waals surface area contributed by atoms with Crippen molar-refractivity contribution in [3.8, 4) is 0 Å². The van der Waals surface area contributed by atoms with Crippen molar-refractivity contribution in [2.75, 3.05) is 36.0 Å². The summed E-state index contributed by atoms with van der Waals surface area (Å²) in [6.45, 7) is 7.92. The molecule has 1 heterocycles. The molecule has 3 rings (SSSR count). The molecular weight excluding hydrogens is 325 g/mol. The molecule has 1 aliphatic rings. The van der Waals surface area contributed by atoms with Crippen molar-refractivity contribution in [1.82, 2.24) is 0 Å². The van der Waals surface area contributed by atoms with Gasteiger partial charge in [0.05, 0.1) is 5.69 Å². The van der Waals surface area contributed by atoms with Crippen LogP contribution in [0.3, 0.4) is 0 Å². The van der Waals surface area contributed by atoms with Crippen molar-refractivity contribution in [3.63, 3.8) is 0 Å². The second-order valence-electron chi connectivity index (χ2n) is 6.87. The predicted molar refractivity (Wildman–Crippen MR) is 96.0 cm³/mol. The second kappa shape index (κ2) is 6.98. The molecule has 0 aliphatic carbocycles. The maximum atomic E-state index is 14.6. The highest BCUT2D eigenvalue weighted by atomic mass is 19.1. The topological polar surface area (TPSA) is 6.48 Å². The first-order valence-corrected chi connectivity index (χ1v) is 8.62. The van der Waals surface area contributed by atoms with Gasteiger partial charge in [-0.1, -0.05) is 26.0 Å². The zero-order valence-electron chi connectivity index (χ0n) is 14.8. The Kier molecular flexibility index (Phi) is 4.93. The summed E-state index contributed by atoms with van der Waals surface area (Å²) < 4.78 is 42.5. The van der Waals surface area contributed by atoms with E-state index in [9.17, 15) is 13.2 Å². The van der Waals surface area contributed by atoms with Crippen LogP contribution in [-0.2, 0) is 0 Å². The summed E-state index contributed by atoms with van der Waals surface area (Å²) in [7, 11) is 0. The van der Waals surface area contributed by atoms with Gasteiger partial charge in [-0.3, -0.25) is 0 Å². The van der Waals surface area contributed by atoms with E-state index >= 15 is 0 Å². The minimum Gasteiger partial charge on any atom is -0.365 e. The largest absolute Gasteiger partial charge is 0.365 e. The van der Waals surface area contributed by atoms with E-state index in [0.717, 1.165) is 11.1 Å². The van der Waals surface area contributed by atoms with Crippen LogP contribution >= 0.6 is 0 Å². The average Bonchev–Trinajstić information content (AvgIpc) is 2.55. The van der Waals surface area contributed by atoms with Crippen molar-refractivity contribution in [2.24, 2.45) is 0 Å². The third kappa shape index (κ3) is 3.46. The van der Waals surface area contributed by atoms with Gasteiger partial charge in [0.15, 0.2) is 0 Å². The highest BCUT2D eigenvalue weighted by molar-refractivity contribution is 5.58. The summed E-state index contributed by atoms with van der Waals surface area (Å²) in [5.41, 5.74) is 2.48. The monoisotopic (exact) mass is 348 g/mol. The Hall–Kier alpha value is -2.17.